The van der Waals surface area contributed by atoms with E-state index in [1.54, 1.807) is 6.07 Å². The summed E-state index contributed by atoms with van der Waals surface area (Å²) in [6.45, 7) is 1.66. The Kier molecular flexibility index (Phi) is 5.35. The number of imide groups is 1. The van der Waals surface area contributed by atoms with E-state index in [0.717, 1.165) is 4.90 Å². The summed E-state index contributed by atoms with van der Waals surface area (Å²) in [5, 5.41) is 2.49. The number of nitrogens with one attached hydrogen (secondary N) is 1. The quantitative estimate of drug-likeness (QED) is 0.610. The average molecular weight is 391 g/mol. The van der Waals surface area contributed by atoms with Gasteiger partial charge >= 0.3 is 12.0 Å². The largest absolute Gasteiger partial charge is 0.469 e. The van der Waals surface area contributed by atoms with Gasteiger partial charge in [0.25, 0.3) is 5.91 Å². The Morgan fingerprint density at radius 1 is 1.25 bits per heavy atom. The number of esters is 1. The average Bonchev–Trinajstić information content (AvgIpc) is 2.91. The Morgan fingerprint density at radius 2 is 1.89 bits per heavy atom. The highest BCUT2D eigenvalue weighted by Crippen LogP contribution is 2.30. The fraction of sp³-hybridized carbons (Fsp3) is 0.474. The van der Waals surface area contributed by atoms with E-state index in [9.17, 15) is 23.6 Å². The van der Waals surface area contributed by atoms with Gasteiger partial charge in [-0.2, -0.15) is 0 Å². The molecular weight excluding hydrogens is 369 g/mol. The number of piperidine rings is 1. The van der Waals surface area contributed by atoms with E-state index in [4.69, 9.17) is 4.74 Å². The molecule has 1 aromatic carbocycles. The van der Waals surface area contributed by atoms with Crippen LogP contribution in [-0.4, -0.2) is 60.4 Å². The maximum atomic E-state index is 14.2. The van der Waals surface area contributed by atoms with Crippen molar-refractivity contribution in [2.75, 3.05) is 26.7 Å². The van der Waals surface area contributed by atoms with Crippen LogP contribution in [-0.2, 0) is 24.7 Å². The third kappa shape index (κ3) is 3.44. The first-order valence-corrected chi connectivity index (χ1v) is 9.02. The number of hydrogen-bond acceptors (Lipinski definition) is 5. The van der Waals surface area contributed by atoms with Gasteiger partial charge in [0.2, 0.25) is 5.91 Å². The highest BCUT2D eigenvalue weighted by molar-refractivity contribution is 6.09. The molecule has 0 bridgehead atoms. The van der Waals surface area contributed by atoms with E-state index >= 15 is 0 Å². The van der Waals surface area contributed by atoms with Gasteiger partial charge < -0.3 is 15.0 Å². The number of ether oxygens (including phenoxy) is 1. The molecule has 3 rings (SSSR count). The van der Waals surface area contributed by atoms with Crippen molar-refractivity contribution in [3.8, 4) is 0 Å². The standard InChI is InChI=1S/C19H22FN3O5/c1-19(13-5-3-4-6-14(13)20)17(26)23(18(27)21-19)11-15(24)22-9-7-12(8-10-22)16(25)28-2/h3-6,12H,7-11H2,1-2H3,(H,21,27)/t19-/m1/s1. The highest BCUT2D eigenvalue weighted by atomic mass is 19.1. The second-order valence-corrected chi connectivity index (χ2v) is 7.10. The zero-order valence-corrected chi connectivity index (χ0v) is 15.7. The minimum Gasteiger partial charge on any atom is -0.469 e. The van der Waals surface area contributed by atoms with Crippen LogP contribution >= 0.6 is 0 Å². The Morgan fingerprint density at radius 3 is 2.50 bits per heavy atom. The molecule has 0 aliphatic carbocycles. The Bertz CT molecular complexity index is 822. The zero-order chi connectivity index (χ0) is 20.5. The molecule has 2 fully saturated rings. The Hall–Kier alpha value is -2.97. The summed E-state index contributed by atoms with van der Waals surface area (Å²) in [5.41, 5.74) is -1.53. The summed E-state index contributed by atoms with van der Waals surface area (Å²) in [6.07, 6.45) is 0.928. The van der Waals surface area contributed by atoms with Crippen molar-refractivity contribution >= 4 is 23.8 Å². The van der Waals surface area contributed by atoms with Crippen LogP contribution in [0.1, 0.15) is 25.3 Å². The van der Waals surface area contributed by atoms with Gasteiger partial charge in [-0.1, -0.05) is 18.2 Å². The molecule has 28 heavy (non-hydrogen) atoms. The third-order valence-electron chi connectivity index (χ3n) is 5.36. The number of methoxy groups -OCH3 is 1. The summed E-state index contributed by atoms with van der Waals surface area (Å²) in [5.74, 6) is -2.25. The Labute approximate surface area is 161 Å². The van der Waals surface area contributed by atoms with Crippen molar-refractivity contribution < 1.29 is 28.3 Å². The SMILES string of the molecule is COC(=O)C1CCN(C(=O)CN2C(=O)N[C@](C)(c3ccccc3F)C2=O)CC1. The van der Waals surface area contributed by atoms with Crippen LogP contribution in [0.25, 0.3) is 0 Å². The molecule has 9 heteroatoms. The number of carbonyl (C=O) groups is 4. The zero-order valence-electron chi connectivity index (χ0n) is 15.7. The van der Waals surface area contributed by atoms with Crippen LogP contribution in [0, 0.1) is 11.7 Å². The van der Waals surface area contributed by atoms with Crippen molar-refractivity contribution in [3.05, 3.63) is 35.6 Å². The number of halogens is 1. The summed E-state index contributed by atoms with van der Waals surface area (Å²) >= 11 is 0. The van der Waals surface area contributed by atoms with E-state index < -0.39 is 35.7 Å². The minimum atomic E-state index is -1.57. The predicted octanol–water partition coefficient (Wildman–Crippen LogP) is 1.00. The number of likely N-dealkylation sites (tertiary alicyclic amines) is 1. The van der Waals surface area contributed by atoms with Crippen LogP contribution < -0.4 is 5.32 Å². The lowest BCUT2D eigenvalue weighted by atomic mass is 9.91. The van der Waals surface area contributed by atoms with Crippen LogP contribution in [0.15, 0.2) is 24.3 Å². The number of hydrogen-bond donors (Lipinski definition) is 1. The molecule has 0 saturated carbocycles. The lowest BCUT2D eigenvalue weighted by molar-refractivity contribution is -0.149. The summed E-state index contributed by atoms with van der Waals surface area (Å²) in [6, 6.07) is 4.95. The van der Waals surface area contributed by atoms with Crippen molar-refractivity contribution in [1.82, 2.24) is 15.1 Å². The number of carbonyl (C=O) groups excluding carboxylic acids is 4. The van der Waals surface area contributed by atoms with E-state index in [2.05, 4.69) is 5.32 Å². The molecule has 8 nitrogen and oxygen atoms in total. The molecule has 0 spiro atoms. The predicted molar refractivity (Wildman–Crippen MR) is 95.3 cm³/mol. The fourth-order valence-electron chi connectivity index (χ4n) is 3.66. The molecule has 1 N–H and O–H groups in total. The van der Waals surface area contributed by atoms with Gasteiger partial charge in [0.15, 0.2) is 0 Å². The first-order chi connectivity index (χ1) is 13.3. The van der Waals surface area contributed by atoms with E-state index in [0.29, 0.717) is 25.9 Å². The maximum Gasteiger partial charge on any atom is 0.325 e. The lowest BCUT2D eigenvalue weighted by Crippen LogP contribution is -2.47. The number of rotatable bonds is 4. The number of nitrogens with zero attached hydrogens (tertiary/aromatic N) is 2. The second kappa shape index (κ2) is 7.57. The van der Waals surface area contributed by atoms with Gasteiger partial charge in [0.1, 0.15) is 17.9 Å². The smallest absolute Gasteiger partial charge is 0.325 e. The van der Waals surface area contributed by atoms with Gasteiger partial charge in [-0.25, -0.2) is 9.18 Å². The number of urea groups is 1. The van der Waals surface area contributed by atoms with Crippen LogP contribution in [0.4, 0.5) is 9.18 Å². The van der Waals surface area contributed by atoms with Crippen molar-refractivity contribution in [2.24, 2.45) is 5.92 Å². The topological polar surface area (TPSA) is 96.0 Å². The maximum absolute atomic E-state index is 14.2. The van der Waals surface area contributed by atoms with Crippen molar-refractivity contribution in [2.45, 2.75) is 25.3 Å². The summed E-state index contributed by atoms with van der Waals surface area (Å²) < 4.78 is 18.9. The summed E-state index contributed by atoms with van der Waals surface area (Å²) in [4.78, 5) is 51.6. The second-order valence-electron chi connectivity index (χ2n) is 7.10. The molecule has 0 unspecified atom stereocenters. The molecule has 1 atom stereocenters. The first kappa shape index (κ1) is 19.8. The fourth-order valence-corrected chi connectivity index (χ4v) is 3.66. The molecule has 0 radical (unpaired) electrons. The van der Waals surface area contributed by atoms with Crippen molar-refractivity contribution in [1.29, 1.82) is 0 Å². The van der Waals surface area contributed by atoms with Gasteiger partial charge in [0.05, 0.1) is 13.0 Å². The minimum absolute atomic E-state index is 0.0437. The monoisotopic (exact) mass is 391 g/mol. The molecule has 1 aromatic rings. The van der Waals surface area contributed by atoms with Crippen LogP contribution in [0.5, 0.6) is 0 Å². The van der Waals surface area contributed by atoms with Gasteiger partial charge in [-0.15, -0.1) is 0 Å². The number of benzene rings is 1. The molecule has 2 saturated heterocycles. The summed E-state index contributed by atoms with van der Waals surface area (Å²) in [7, 11) is 1.32. The van der Waals surface area contributed by atoms with E-state index in [-0.39, 0.29) is 17.5 Å². The molecule has 2 aliphatic rings. The molecule has 2 aliphatic heterocycles. The Balaban J connectivity index is 1.67. The molecule has 0 aromatic heterocycles. The lowest BCUT2D eigenvalue weighted by Gasteiger charge is -2.31. The normalized spacial score (nSPS) is 23.0. The van der Waals surface area contributed by atoms with Gasteiger partial charge in [0, 0.05) is 18.7 Å². The number of amides is 4. The van der Waals surface area contributed by atoms with Crippen molar-refractivity contribution in [3.63, 3.8) is 0 Å². The van der Waals surface area contributed by atoms with Crippen LogP contribution in [0.2, 0.25) is 0 Å². The first-order valence-electron chi connectivity index (χ1n) is 9.02. The molecule has 150 valence electrons. The third-order valence-corrected chi connectivity index (χ3v) is 5.36. The van der Waals surface area contributed by atoms with Gasteiger partial charge in [-0.3, -0.25) is 19.3 Å². The van der Waals surface area contributed by atoms with Gasteiger partial charge in [-0.05, 0) is 25.8 Å². The molecule has 4 amide bonds. The van der Waals surface area contributed by atoms with Crippen LogP contribution in [0.3, 0.4) is 0 Å². The van der Waals surface area contributed by atoms with E-state index in [1.807, 2.05) is 0 Å². The highest BCUT2D eigenvalue weighted by Gasteiger charge is 2.51. The molecule has 2 heterocycles. The van der Waals surface area contributed by atoms with E-state index in [1.165, 1.54) is 37.1 Å². The molecular formula is C19H22FN3O5.